The van der Waals surface area contributed by atoms with Gasteiger partial charge in [0, 0.05) is 5.41 Å². The minimum Gasteiger partial charge on any atom is -0.461 e. The highest BCUT2D eigenvalue weighted by molar-refractivity contribution is 5.92. The SMILES string of the molecule is Cl.Nc1ccc2c(n1)C1(CC1)COC2=O. The number of halogens is 1. The van der Waals surface area contributed by atoms with Crippen molar-refractivity contribution in [2.45, 2.75) is 18.3 Å². The molecule has 4 nitrogen and oxygen atoms in total. The molecule has 1 aromatic heterocycles. The van der Waals surface area contributed by atoms with Crippen LogP contribution in [-0.2, 0) is 10.2 Å². The molecule has 1 fully saturated rings. The van der Waals surface area contributed by atoms with Gasteiger partial charge in [-0.05, 0) is 25.0 Å². The van der Waals surface area contributed by atoms with Gasteiger partial charge in [0.25, 0.3) is 0 Å². The van der Waals surface area contributed by atoms with E-state index in [1.54, 1.807) is 12.1 Å². The highest BCUT2D eigenvalue weighted by atomic mass is 35.5. The number of cyclic esters (lactones) is 1. The van der Waals surface area contributed by atoms with E-state index in [-0.39, 0.29) is 23.8 Å². The van der Waals surface area contributed by atoms with E-state index in [9.17, 15) is 4.79 Å². The average molecular weight is 227 g/mol. The molecule has 15 heavy (non-hydrogen) atoms. The van der Waals surface area contributed by atoms with Gasteiger partial charge in [-0.3, -0.25) is 0 Å². The van der Waals surface area contributed by atoms with Gasteiger partial charge in [0.05, 0.1) is 11.3 Å². The summed E-state index contributed by atoms with van der Waals surface area (Å²) in [4.78, 5) is 15.7. The zero-order valence-corrected chi connectivity index (χ0v) is 8.84. The maximum absolute atomic E-state index is 11.4. The Morgan fingerprint density at radius 1 is 1.40 bits per heavy atom. The molecular formula is C10H11ClN2O2. The van der Waals surface area contributed by atoms with Crippen LogP contribution in [0.4, 0.5) is 5.82 Å². The van der Waals surface area contributed by atoms with Crippen molar-refractivity contribution in [3.05, 3.63) is 23.4 Å². The first kappa shape index (κ1) is 10.2. The number of hydrogen-bond acceptors (Lipinski definition) is 4. The lowest BCUT2D eigenvalue weighted by atomic mass is 9.95. The predicted molar refractivity (Wildman–Crippen MR) is 57.1 cm³/mol. The smallest absolute Gasteiger partial charge is 0.340 e. The number of nitrogens with two attached hydrogens (primary N) is 1. The molecule has 5 heteroatoms. The van der Waals surface area contributed by atoms with E-state index in [0.29, 0.717) is 18.0 Å². The number of rotatable bonds is 0. The number of fused-ring (bicyclic) bond motifs is 2. The van der Waals surface area contributed by atoms with Crippen molar-refractivity contribution < 1.29 is 9.53 Å². The van der Waals surface area contributed by atoms with E-state index in [4.69, 9.17) is 10.5 Å². The molecule has 2 heterocycles. The predicted octanol–water partition coefficient (Wildman–Crippen LogP) is 1.29. The summed E-state index contributed by atoms with van der Waals surface area (Å²) >= 11 is 0. The first-order valence-corrected chi connectivity index (χ1v) is 4.65. The van der Waals surface area contributed by atoms with E-state index in [0.717, 1.165) is 18.5 Å². The molecule has 1 aromatic rings. The van der Waals surface area contributed by atoms with Crippen LogP contribution in [0.15, 0.2) is 12.1 Å². The van der Waals surface area contributed by atoms with Crippen LogP contribution < -0.4 is 5.73 Å². The van der Waals surface area contributed by atoms with Gasteiger partial charge in [0.15, 0.2) is 0 Å². The second-order valence-corrected chi connectivity index (χ2v) is 3.99. The number of ether oxygens (including phenoxy) is 1. The molecule has 0 aromatic carbocycles. The van der Waals surface area contributed by atoms with Crippen LogP contribution in [0.2, 0.25) is 0 Å². The van der Waals surface area contributed by atoms with E-state index >= 15 is 0 Å². The van der Waals surface area contributed by atoms with Gasteiger partial charge >= 0.3 is 5.97 Å². The van der Waals surface area contributed by atoms with Gasteiger partial charge in [0.1, 0.15) is 12.4 Å². The number of nitrogen functional groups attached to an aromatic ring is 1. The Kier molecular flexibility index (Phi) is 2.12. The first-order chi connectivity index (χ1) is 6.71. The minimum absolute atomic E-state index is 0. The Morgan fingerprint density at radius 2 is 2.13 bits per heavy atom. The number of anilines is 1. The lowest BCUT2D eigenvalue weighted by Crippen LogP contribution is -2.29. The summed E-state index contributed by atoms with van der Waals surface area (Å²) in [5.74, 6) is 0.203. The van der Waals surface area contributed by atoms with Crippen LogP contribution >= 0.6 is 12.4 Å². The maximum Gasteiger partial charge on any atom is 0.340 e. The van der Waals surface area contributed by atoms with Crippen molar-refractivity contribution in [1.82, 2.24) is 4.98 Å². The van der Waals surface area contributed by atoms with E-state index in [1.807, 2.05) is 0 Å². The summed E-state index contributed by atoms with van der Waals surface area (Å²) in [5, 5.41) is 0. The second-order valence-electron chi connectivity index (χ2n) is 3.99. The van der Waals surface area contributed by atoms with Crippen LogP contribution in [-0.4, -0.2) is 17.6 Å². The maximum atomic E-state index is 11.4. The van der Waals surface area contributed by atoms with Crippen molar-refractivity contribution in [1.29, 1.82) is 0 Å². The number of aromatic nitrogens is 1. The van der Waals surface area contributed by atoms with Crippen LogP contribution in [0.25, 0.3) is 0 Å². The minimum atomic E-state index is -0.273. The second kappa shape index (κ2) is 3.10. The van der Waals surface area contributed by atoms with Crippen molar-refractivity contribution >= 4 is 24.2 Å². The lowest BCUT2D eigenvalue weighted by Gasteiger charge is -2.23. The molecule has 2 aliphatic rings. The summed E-state index contributed by atoms with van der Waals surface area (Å²) in [6.07, 6.45) is 2.09. The summed E-state index contributed by atoms with van der Waals surface area (Å²) in [5.41, 5.74) is 7.04. The number of nitrogens with zero attached hydrogens (tertiary/aromatic N) is 1. The Labute approximate surface area is 93.2 Å². The molecular weight excluding hydrogens is 216 g/mol. The molecule has 0 unspecified atom stereocenters. The van der Waals surface area contributed by atoms with Crippen molar-refractivity contribution in [2.24, 2.45) is 0 Å². The van der Waals surface area contributed by atoms with Crippen molar-refractivity contribution in [2.75, 3.05) is 12.3 Å². The Hall–Kier alpha value is -1.29. The van der Waals surface area contributed by atoms with E-state index < -0.39 is 0 Å². The quantitative estimate of drug-likeness (QED) is 0.677. The van der Waals surface area contributed by atoms with Gasteiger partial charge in [-0.1, -0.05) is 0 Å². The molecule has 0 bridgehead atoms. The van der Waals surface area contributed by atoms with Crippen LogP contribution in [0, 0.1) is 0 Å². The summed E-state index contributed by atoms with van der Waals surface area (Å²) in [6.45, 7) is 0.468. The standard InChI is InChI=1S/C10H10N2O2.ClH/c11-7-2-1-6-8(12-7)10(3-4-10)5-14-9(6)13;/h1-2H,3-5H2,(H2,11,12);1H. The molecule has 0 saturated heterocycles. The summed E-state index contributed by atoms with van der Waals surface area (Å²) in [6, 6.07) is 3.35. The summed E-state index contributed by atoms with van der Waals surface area (Å²) < 4.78 is 5.10. The van der Waals surface area contributed by atoms with Gasteiger partial charge in [-0.2, -0.15) is 0 Å². The number of pyridine rings is 1. The fourth-order valence-corrected chi connectivity index (χ4v) is 1.93. The Balaban J connectivity index is 0.000000853. The number of hydrogen-bond donors (Lipinski definition) is 1. The molecule has 1 aliphatic heterocycles. The third-order valence-corrected chi connectivity index (χ3v) is 2.97. The molecule has 2 N–H and O–H groups in total. The Morgan fingerprint density at radius 3 is 2.80 bits per heavy atom. The zero-order valence-electron chi connectivity index (χ0n) is 8.03. The highest BCUT2D eigenvalue weighted by Crippen LogP contribution is 2.50. The molecule has 1 saturated carbocycles. The fraction of sp³-hybridized carbons (Fsp3) is 0.400. The van der Waals surface area contributed by atoms with Crippen LogP contribution in [0.1, 0.15) is 28.9 Å². The lowest BCUT2D eigenvalue weighted by molar-refractivity contribution is 0.0418. The van der Waals surface area contributed by atoms with Crippen LogP contribution in [0.5, 0.6) is 0 Å². The largest absolute Gasteiger partial charge is 0.461 e. The van der Waals surface area contributed by atoms with Gasteiger partial charge in [-0.25, -0.2) is 9.78 Å². The monoisotopic (exact) mass is 226 g/mol. The Bertz CT molecular complexity index is 429. The fourth-order valence-electron chi connectivity index (χ4n) is 1.93. The summed E-state index contributed by atoms with van der Waals surface area (Å²) in [7, 11) is 0. The van der Waals surface area contributed by atoms with Crippen molar-refractivity contribution in [3.8, 4) is 0 Å². The molecule has 0 atom stereocenters. The molecule has 3 rings (SSSR count). The number of carbonyl (C=O) groups is 1. The molecule has 80 valence electrons. The molecule has 1 spiro atoms. The number of carbonyl (C=O) groups excluding carboxylic acids is 1. The van der Waals surface area contributed by atoms with Gasteiger partial charge in [-0.15, -0.1) is 12.4 Å². The molecule has 0 radical (unpaired) electrons. The third kappa shape index (κ3) is 1.36. The number of esters is 1. The normalized spacial score (nSPS) is 20.1. The molecule has 1 aliphatic carbocycles. The molecule has 0 amide bonds. The van der Waals surface area contributed by atoms with E-state index in [2.05, 4.69) is 4.98 Å². The van der Waals surface area contributed by atoms with E-state index in [1.165, 1.54) is 0 Å². The van der Waals surface area contributed by atoms with Gasteiger partial charge < -0.3 is 10.5 Å². The van der Waals surface area contributed by atoms with Gasteiger partial charge in [0.2, 0.25) is 0 Å². The first-order valence-electron chi connectivity index (χ1n) is 4.65. The highest BCUT2D eigenvalue weighted by Gasteiger charge is 2.51. The van der Waals surface area contributed by atoms with Crippen LogP contribution in [0.3, 0.4) is 0 Å². The zero-order chi connectivity index (χ0) is 9.76. The average Bonchev–Trinajstić information content (AvgIpc) is 2.93. The van der Waals surface area contributed by atoms with Crippen molar-refractivity contribution in [3.63, 3.8) is 0 Å². The third-order valence-electron chi connectivity index (χ3n) is 2.97. The topological polar surface area (TPSA) is 65.2 Å².